The van der Waals surface area contributed by atoms with Gasteiger partial charge in [-0.15, -0.1) is 0 Å². The molecule has 4 nitrogen and oxygen atoms in total. The van der Waals surface area contributed by atoms with Crippen molar-refractivity contribution in [3.8, 4) is 11.3 Å². The maximum absolute atomic E-state index is 14.6. The summed E-state index contributed by atoms with van der Waals surface area (Å²) in [5.41, 5.74) is -1.26. The fourth-order valence-electron chi connectivity index (χ4n) is 2.38. The molecule has 0 saturated carbocycles. The third kappa shape index (κ3) is 3.03. The summed E-state index contributed by atoms with van der Waals surface area (Å²) in [6.07, 6.45) is 1.03. The Bertz CT molecular complexity index is 1080. The highest BCUT2D eigenvalue weighted by Crippen LogP contribution is 2.32. The zero-order chi connectivity index (χ0) is 18.2. The van der Waals surface area contributed by atoms with E-state index >= 15 is 0 Å². The van der Waals surface area contributed by atoms with Gasteiger partial charge in [-0.1, -0.05) is 34.1 Å². The number of hydrogen-bond acceptors (Lipinski definition) is 3. The Morgan fingerprint density at radius 3 is 2.40 bits per heavy atom. The van der Waals surface area contributed by atoms with Crippen LogP contribution in [0.1, 0.15) is 10.4 Å². The van der Waals surface area contributed by atoms with Crippen molar-refractivity contribution in [3.05, 3.63) is 76.4 Å². The maximum atomic E-state index is 14.6. The summed E-state index contributed by atoms with van der Waals surface area (Å²) in [4.78, 5) is 10.9. The van der Waals surface area contributed by atoms with Crippen LogP contribution < -0.4 is 0 Å². The highest BCUT2D eigenvalue weighted by atomic mass is 79.9. The largest absolute Gasteiger partial charge is 0.298 e. The lowest BCUT2D eigenvalue weighted by Gasteiger charge is -2.11. The van der Waals surface area contributed by atoms with Gasteiger partial charge in [-0.2, -0.15) is 0 Å². The van der Waals surface area contributed by atoms with E-state index in [2.05, 4.69) is 15.9 Å². The molecule has 0 aliphatic rings. The lowest BCUT2D eigenvalue weighted by molar-refractivity contribution is 0.112. The molecule has 8 heteroatoms. The highest BCUT2D eigenvalue weighted by molar-refractivity contribution is 9.10. The Morgan fingerprint density at radius 1 is 1.04 bits per heavy atom. The topological polar surface area (TPSA) is 56.1 Å². The number of benzene rings is 2. The van der Waals surface area contributed by atoms with Crippen LogP contribution in [0, 0.1) is 11.6 Å². The average Bonchev–Trinajstić information content (AvgIpc) is 2.92. The summed E-state index contributed by atoms with van der Waals surface area (Å²) < 4.78 is 55.6. The molecule has 0 aliphatic heterocycles. The predicted octanol–water partition coefficient (Wildman–Crippen LogP) is 4.25. The number of aromatic nitrogens is 1. The van der Waals surface area contributed by atoms with Gasteiger partial charge in [0.2, 0.25) is 0 Å². The number of carbonyl (C=O) groups is 1. The van der Waals surface area contributed by atoms with Crippen molar-refractivity contribution in [1.82, 2.24) is 3.97 Å². The molecule has 0 bridgehead atoms. The molecule has 0 aliphatic carbocycles. The summed E-state index contributed by atoms with van der Waals surface area (Å²) in [5.74, 6) is -1.90. The van der Waals surface area contributed by atoms with E-state index in [9.17, 15) is 22.0 Å². The summed E-state index contributed by atoms with van der Waals surface area (Å²) >= 11 is 3.17. The second-order valence-electron chi connectivity index (χ2n) is 5.10. The normalized spacial score (nSPS) is 11.5. The van der Waals surface area contributed by atoms with Crippen LogP contribution in [0.15, 0.2) is 64.1 Å². The zero-order valence-corrected chi connectivity index (χ0v) is 14.9. The van der Waals surface area contributed by atoms with Crippen LogP contribution in [-0.2, 0) is 10.0 Å². The van der Waals surface area contributed by atoms with E-state index in [1.54, 1.807) is 6.07 Å². The van der Waals surface area contributed by atoms with Gasteiger partial charge in [-0.05, 0) is 30.3 Å². The molecule has 0 saturated heterocycles. The number of halogens is 3. The molecule has 0 atom stereocenters. The molecule has 0 amide bonds. The standard InChI is InChI=1S/C17H10BrF2NO3S/c18-12-4-3-5-13(8-12)25(23,24)21-9-11(10-22)16(20)17(21)14-6-1-2-7-15(14)19/h1-10H. The van der Waals surface area contributed by atoms with Crippen LogP contribution in [0.4, 0.5) is 8.78 Å². The second-order valence-corrected chi connectivity index (χ2v) is 7.83. The van der Waals surface area contributed by atoms with Crippen molar-refractivity contribution in [2.24, 2.45) is 0 Å². The van der Waals surface area contributed by atoms with E-state index in [-0.39, 0.29) is 16.7 Å². The lowest BCUT2D eigenvalue weighted by atomic mass is 10.1. The minimum absolute atomic E-state index is 0.132. The molecular weight excluding hydrogens is 416 g/mol. The van der Waals surface area contributed by atoms with Crippen molar-refractivity contribution in [1.29, 1.82) is 0 Å². The fraction of sp³-hybridized carbons (Fsp3) is 0. The molecule has 1 heterocycles. The van der Waals surface area contributed by atoms with Crippen LogP contribution in [0.25, 0.3) is 11.3 Å². The molecule has 25 heavy (non-hydrogen) atoms. The first kappa shape index (κ1) is 17.5. The van der Waals surface area contributed by atoms with Gasteiger partial charge in [0.05, 0.1) is 10.5 Å². The number of aldehydes is 1. The summed E-state index contributed by atoms with van der Waals surface area (Å²) in [6, 6.07) is 11.0. The minimum Gasteiger partial charge on any atom is -0.298 e. The average molecular weight is 426 g/mol. The monoisotopic (exact) mass is 425 g/mol. The van der Waals surface area contributed by atoms with Crippen molar-refractivity contribution >= 4 is 32.2 Å². The Morgan fingerprint density at radius 2 is 1.76 bits per heavy atom. The summed E-state index contributed by atoms with van der Waals surface area (Å²) in [7, 11) is -4.25. The molecule has 2 aromatic carbocycles. The van der Waals surface area contributed by atoms with Gasteiger partial charge >= 0.3 is 0 Å². The van der Waals surface area contributed by atoms with Crippen molar-refractivity contribution < 1.29 is 22.0 Å². The SMILES string of the molecule is O=Cc1cn(S(=O)(=O)c2cccc(Br)c2)c(-c2ccccc2F)c1F. The highest BCUT2D eigenvalue weighted by Gasteiger charge is 2.28. The quantitative estimate of drug-likeness (QED) is 0.587. The van der Waals surface area contributed by atoms with E-state index in [1.807, 2.05) is 0 Å². The molecule has 0 N–H and O–H groups in total. The smallest absolute Gasteiger partial charge is 0.268 e. The van der Waals surface area contributed by atoms with Crippen molar-refractivity contribution in [2.75, 3.05) is 0 Å². The Hall–Kier alpha value is -2.32. The number of hydrogen-bond donors (Lipinski definition) is 0. The van der Waals surface area contributed by atoms with Gasteiger partial charge in [-0.3, -0.25) is 4.79 Å². The Labute approximate surface area is 150 Å². The molecule has 128 valence electrons. The van der Waals surface area contributed by atoms with Gasteiger partial charge in [0.25, 0.3) is 10.0 Å². The van der Waals surface area contributed by atoms with Crippen LogP contribution in [0.3, 0.4) is 0 Å². The van der Waals surface area contributed by atoms with Crippen LogP contribution in [0.2, 0.25) is 0 Å². The van der Waals surface area contributed by atoms with Gasteiger partial charge in [0.1, 0.15) is 11.5 Å². The van der Waals surface area contributed by atoms with Crippen molar-refractivity contribution in [3.63, 3.8) is 0 Å². The third-order valence-electron chi connectivity index (χ3n) is 3.55. The first-order chi connectivity index (χ1) is 11.9. The first-order valence-electron chi connectivity index (χ1n) is 6.98. The molecule has 0 unspecified atom stereocenters. The van der Waals surface area contributed by atoms with Crippen molar-refractivity contribution in [2.45, 2.75) is 4.90 Å². The predicted molar refractivity (Wildman–Crippen MR) is 91.9 cm³/mol. The summed E-state index contributed by atoms with van der Waals surface area (Å²) in [5, 5.41) is 0. The Balaban J connectivity index is 2.34. The molecule has 3 rings (SSSR count). The molecule has 0 radical (unpaired) electrons. The van der Waals surface area contributed by atoms with E-state index < -0.39 is 32.9 Å². The molecule has 3 aromatic rings. The van der Waals surface area contributed by atoms with Gasteiger partial charge in [-0.25, -0.2) is 21.2 Å². The second kappa shape index (κ2) is 6.53. The van der Waals surface area contributed by atoms with E-state index in [0.29, 0.717) is 8.45 Å². The zero-order valence-electron chi connectivity index (χ0n) is 12.5. The fourth-order valence-corrected chi connectivity index (χ4v) is 4.36. The molecular formula is C17H10BrF2NO3S. The molecule has 0 spiro atoms. The minimum atomic E-state index is -4.25. The van der Waals surface area contributed by atoms with E-state index in [4.69, 9.17) is 0 Å². The van der Waals surface area contributed by atoms with Crippen LogP contribution in [-0.4, -0.2) is 18.7 Å². The maximum Gasteiger partial charge on any atom is 0.268 e. The lowest BCUT2D eigenvalue weighted by Crippen LogP contribution is -2.14. The number of nitrogens with zero attached hydrogens (tertiary/aromatic N) is 1. The van der Waals surface area contributed by atoms with Gasteiger partial charge < -0.3 is 0 Å². The van der Waals surface area contributed by atoms with Gasteiger partial charge in [0, 0.05) is 16.2 Å². The van der Waals surface area contributed by atoms with Crippen LogP contribution in [0.5, 0.6) is 0 Å². The third-order valence-corrected chi connectivity index (χ3v) is 5.70. The van der Waals surface area contributed by atoms with E-state index in [1.165, 1.54) is 36.4 Å². The van der Waals surface area contributed by atoms with Crippen LogP contribution >= 0.6 is 15.9 Å². The van der Waals surface area contributed by atoms with Gasteiger partial charge in [0.15, 0.2) is 12.1 Å². The van der Waals surface area contributed by atoms with E-state index in [0.717, 1.165) is 12.3 Å². The Kier molecular flexibility index (Phi) is 4.57. The molecule has 0 fully saturated rings. The summed E-state index contributed by atoms with van der Waals surface area (Å²) in [6.45, 7) is 0. The number of rotatable bonds is 4. The number of carbonyl (C=O) groups excluding carboxylic acids is 1. The molecule has 1 aromatic heterocycles. The first-order valence-corrected chi connectivity index (χ1v) is 9.21.